The minimum Gasteiger partial charge on any atom is -0.462 e. The lowest BCUT2D eigenvalue weighted by molar-refractivity contribution is 0.0443. The fourth-order valence-electron chi connectivity index (χ4n) is 3.68. The van der Waals surface area contributed by atoms with Crippen LogP contribution in [0.2, 0.25) is 0 Å². The van der Waals surface area contributed by atoms with E-state index in [1.54, 1.807) is 19.9 Å². The summed E-state index contributed by atoms with van der Waals surface area (Å²) in [4.78, 5) is 30.4. The number of hydrogen-bond acceptors (Lipinski definition) is 5. The summed E-state index contributed by atoms with van der Waals surface area (Å²) in [5.41, 5.74) is 3.03. The SMILES string of the molecule is CCOC(=O)c1cc(-c2cccc3ccccc23)nc(C)c1C(=O)OCc1ccccc1. The smallest absolute Gasteiger partial charge is 0.341 e. The van der Waals surface area contributed by atoms with Crippen molar-refractivity contribution in [2.75, 3.05) is 6.61 Å². The Morgan fingerprint density at radius 1 is 0.844 bits per heavy atom. The lowest BCUT2D eigenvalue weighted by Gasteiger charge is -2.14. The summed E-state index contributed by atoms with van der Waals surface area (Å²) in [7, 11) is 0. The number of carbonyl (C=O) groups is 2. The summed E-state index contributed by atoms with van der Waals surface area (Å²) >= 11 is 0. The third-order valence-corrected chi connectivity index (χ3v) is 5.18. The van der Waals surface area contributed by atoms with Crippen molar-refractivity contribution < 1.29 is 19.1 Å². The van der Waals surface area contributed by atoms with Crippen LogP contribution in [-0.4, -0.2) is 23.5 Å². The van der Waals surface area contributed by atoms with Gasteiger partial charge in [-0.3, -0.25) is 4.98 Å². The van der Waals surface area contributed by atoms with Crippen LogP contribution in [0, 0.1) is 6.92 Å². The molecular formula is C27H23NO4. The first-order valence-corrected chi connectivity index (χ1v) is 10.5. The van der Waals surface area contributed by atoms with E-state index in [0.29, 0.717) is 11.4 Å². The molecule has 5 nitrogen and oxygen atoms in total. The van der Waals surface area contributed by atoms with Gasteiger partial charge in [-0.25, -0.2) is 9.59 Å². The number of carbonyl (C=O) groups excluding carboxylic acids is 2. The first kappa shape index (κ1) is 21.2. The van der Waals surface area contributed by atoms with Crippen LogP contribution in [0.15, 0.2) is 78.9 Å². The molecule has 0 saturated carbocycles. The molecule has 160 valence electrons. The van der Waals surface area contributed by atoms with Gasteiger partial charge in [-0.2, -0.15) is 0 Å². The van der Waals surface area contributed by atoms with E-state index in [9.17, 15) is 9.59 Å². The quantitative estimate of drug-likeness (QED) is 0.368. The number of fused-ring (bicyclic) bond motifs is 1. The number of ether oxygens (including phenoxy) is 2. The summed E-state index contributed by atoms with van der Waals surface area (Å²) in [6.07, 6.45) is 0. The molecule has 0 spiro atoms. The highest BCUT2D eigenvalue weighted by molar-refractivity contribution is 6.05. The molecule has 3 aromatic carbocycles. The number of esters is 2. The first-order chi connectivity index (χ1) is 15.6. The van der Waals surface area contributed by atoms with Crippen LogP contribution < -0.4 is 0 Å². The third kappa shape index (κ3) is 4.37. The molecule has 0 bridgehead atoms. The molecule has 1 aromatic heterocycles. The topological polar surface area (TPSA) is 65.5 Å². The van der Waals surface area contributed by atoms with Gasteiger partial charge in [-0.15, -0.1) is 0 Å². The fraction of sp³-hybridized carbons (Fsp3) is 0.148. The highest BCUT2D eigenvalue weighted by Crippen LogP contribution is 2.30. The van der Waals surface area contributed by atoms with Crippen LogP contribution >= 0.6 is 0 Å². The Morgan fingerprint density at radius 3 is 2.34 bits per heavy atom. The molecule has 0 N–H and O–H groups in total. The minimum absolute atomic E-state index is 0.104. The van der Waals surface area contributed by atoms with E-state index >= 15 is 0 Å². The van der Waals surface area contributed by atoms with Crippen molar-refractivity contribution in [3.8, 4) is 11.3 Å². The van der Waals surface area contributed by atoms with Crippen LogP contribution in [0.4, 0.5) is 0 Å². The van der Waals surface area contributed by atoms with Crippen LogP contribution in [0.25, 0.3) is 22.0 Å². The van der Waals surface area contributed by atoms with E-state index in [0.717, 1.165) is 21.9 Å². The molecule has 0 unspecified atom stereocenters. The monoisotopic (exact) mass is 425 g/mol. The van der Waals surface area contributed by atoms with Gasteiger partial charge >= 0.3 is 11.9 Å². The summed E-state index contributed by atoms with van der Waals surface area (Å²) in [5, 5.41) is 2.07. The van der Waals surface area contributed by atoms with Crippen molar-refractivity contribution in [2.24, 2.45) is 0 Å². The highest BCUT2D eigenvalue weighted by atomic mass is 16.5. The Hall–Kier alpha value is -3.99. The number of aryl methyl sites for hydroxylation is 1. The Morgan fingerprint density at radius 2 is 1.56 bits per heavy atom. The summed E-state index contributed by atoms with van der Waals surface area (Å²) in [6, 6.07) is 24.9. The molecule has 0 saturated heterocycles. The zero-order valence-corrected chi connectivity index (χ0v) is 18.0. The van der Waals surface area contributed by atoms with Gasteiger partial charge in [0.05, 0.1) is 29.1 Å². The molecule has 0 aliphatic heterocycles. The molecule has 4 aromatic rings. The lowest BCUT2D eigenvalue weighted by Crippen LogP contribution is -2.17. The average Bonchev–Trinajstić information content (AvgIpc) is 2.82. The van der Waals surface area contributed by atoms with Crippen molar-refractivity contribution in [1.29, 1.82) is 0 Å². The van der Waals surface area contributed by atoms with Gasteiger partial charge in [0.25, 0.3) is 0 Å². The average molecular weight is 425 g/mol. The molecule has 0 fully saturated rings. The van der Waals surface area contributed by atoms with Crippen LogP contribution in [0.1, 0.15) is 38.9 Å². The van der Waals surface area contributed by atoms with Gasteiger partial charge in [-0.1, -0.05) is 72.8 Å². The zero-order chi connectivity index (χ0) is 22.5. The van der Waals surface area contributed by atoms with Crippen LogP contribution in [0.5, 0.6) is 0 Å². The van der Waals surface area contributed by atoms with Gasteiger partial charge in [0.1, 0.15) is 6.61 Å². The molecule has 0 aliphatic carbocycles. The maximum atomic E-state index is 13.0. The normalized spacial score (nSPS) is 10.7. The van der Waals surface area contributed by atoms with Crippen molar-refractivity contribution in [2.45, 2.75) is 20.5 Å². The zero-order valence-electron chi connectivity index (χ0n) is 18.0. The number of pyridine rings is 1. The number of hydrogen-bond donors (Lipinski definition) is 0. The molecule has 32 heavy (non-hydrogen) atoms. The summed E-state index contributed by atoms with van der Waals surface area (Å²) < 4.78 is 10.7. The molecule has 0 aliphatic rings. The predicted molar refractivity (Wildman–Crippen MR) is 123 cm³/mol. The Bertz CT molecular complexity index is 1280. The number of rotatable bonds is 6. The van der Waals surface area contributed by atoms with Gasteiger partial charge < -0.3 is 9.47 Å². The molecule has 0 amide bonds. The largest absolute Gasteiger partial charge is 0.462 e. The predicted octanol–water partition coefficient (Wildman–Crippen LogP) is 5.74. The van der Waals surface area contributed by atoms with E-state index in [4.69, 9.17) is 9.47 Å². The second-order valence-corrected chi connectivity index (χ2v) is 7.32. The Balaban J connectivity index is 1.77. The molecule has 1 heterocycles. The van der Waals surface area contributed by atoms with Crippen molar-refractivity contribution in [3.05, 3.63) is 101 Å². The first-order valence-electron chi connectivity index (χ1n) is 10.5. The van der Waals surface area contributed by atoms with E-state index in [1.165, 1.54) is 0 Å². The number of benzene rings is 3. The summed E-state index contributed by atoms with van der Waals surface area (Å²) in [6.45, 7) is 3.73. The molecule has 0 radical (unpaired) electrons. The minimum atomic E-state index is -0.605. The lowest BCUT2D eigenvalue weighted by atomic mass is 9.98. The number of nitrogens with zero attached hydrogens (tertiary/aromatic N) is 1. The van der Waals surface area contributed by atoms with Crippen molar-refractivity contribution >= 4 is 22.7 Å². The van der Waals surface area contributed by atoms with Gasteiger partial charge in [0, 0.05) is 5.56 Å². The van der Waals surface area contributed by atoms with E-state index in [1.807, 2.05) is 72.8 Å². The summed E-state index contributed by atoms with van der Waals surface area (Å²) in [5.74, 6) is -1.18. The molecular weight excluding hydrogens is 402 g/mol. The fourth-order valence-corrected chi connectivity index (χ4v) is 3.68. The molecule has 4 rings (SSSR count). The van der Waals surface area contributed by atoms with Gasteiger partial charge in [0.15, 0.2) is 0 Å². The highest BCUT2D eigenvalue weighted by Gasteiger charge is 2.25. The maximum Gasteiger partial charge on any atom is 0.341 e. The van der Waals surface area contributed by atoms with E-state index in [2.05, 4.69) is 4.98 Å². The van der Waals surface area contributed by atoms with Gasteiger partial charge in [0.2, 0.25) is 0 Å². The Labute approximate surface area is 186 Å². The van der Waals surface area contributed by atoms with Crippen LogP contribution in [0.3, 0.4) is 0 Å². The Kier molecular flexibility index (Phi) is 6.26. The standard InChI is InChI=1S/C27H23NO4/c1-3-31-26(29)23-16-24(22-15-9-13-20-12-7-8-14-21(20)22)28-18(2)25(23)27(30)32-17-19-10-5-4-6-11-19/h4-16H,3,17H2,1-2H3. The molecule has 5 heteroatoms. The van der Waals surface area contributed by atoms with E-state index < -0.39 is 11.9 Å². The number of aromatic nitrogens is 1. The maximum absolute atomic E-state index is 13.0. The van der Waals surface area contributed by atoms with Crippen LogP contribution in [-0.2, 0) is 16.1 Å². The van der Waals surface area contributed by atoms with Crippen molar-refractivity contribution in [3.63, 3.8) is 0 Å². The third-order valence-electron chi connectivity index (χ3n) is 5.18. The second-order valence-electron chi connectivity index (χ2n) is 7.32. The molecule has 0 atom stereocenters. The second kappa shape index (κ2) is 9.43. The van der Waals surface area contributed by atoms with E-state index in [-0.39, 0.29) is 24.3 Å². The van der Waals surface area contributed by atoms with Gasteiger partial charge in [-0.05, 0) is 36.2 Å². The van der Waals surface area contributed by atoms with Crippen molar-refractivity contribution in [1.82, 2.24) is 4.98 Å².